The first-order valence-electron chi connectivity index (χ1n) is 5.35. The first-order chi connectivity index (χ1) is 7.07. The first-order valence-corrected chi connectivity index (χ1v) is 5.35. The second kappa shape index (κ2) is 6.70. The number of likely N-dealkylation sites (tertiary alicyclic amines) is 1. The standard InChI is InChI=1S/C10H19N3O2.ClH/c1-7(11)10(15)13-6-4-3-5-8(13)9(14)12-2;/h7-8H,3-6,11H2,1-2H3,(H,12,14);1H/t7-,8?;/m1./s1. The van der Waals surface area contributed by atoms with Crippen LogP contribution in [0.4, 0.5) is 0 Å². The van der Waals surface area contributed by atoms with Crippen LogP contribution in [0, 0.1) is 0 Å². The number of hydrogen-bond donors (Lipinski definition) is 2. The van der Waals surface area contributed by atoms with Gasteiger partial charge >= 0.3 is 0 Å². The molecule has 0 spiro atoms. The molecule has 1 heterocycles. The molecule has 1 unspecified atom stereocenters. The summed E-state index contributed by atoms with van der Waals surface area (Å²) in [5.41, 5.74) is 5.55. The number of nitrogens with zero attached hydrogens (tertiary/aromatic N) is 1. The minimum absolute atomic E-state index is 0. The number of piperidine rings is 1. The van der Waals surface area contributed by atoms with Crippen LogP contribution in [0.1, 0.15) is 26.2 Å². The van der Waals surface area contributed by atoms with E-state index < -0.39 is 6.04 Å². The molecule has 3 N–H and O–H groups in total. The number of halogens is 1. The second-order valence-corrected chi connectivity index (χ2v) is 3.95. The number of nitrogens with two attached hydrogens (primary N) is 1. The van der Waals surface area contributed by atoms with Crippen LogP contribution in [-0.4, -0.2) is 42.4 Å². The van der Waals surface area contributed by atoms with E-state index in [9.17, 15) is 9.59 Å². The molecule has 0 bridgehead atoms. The summed E-state index contributed by atoms with van der Waals surface area (Å²) in [4.78, 5) is 24.9. The zero-order chi connectivity index (χ0) is 11.4. The lowest BCUT2D eigenvalue weighted by atomic mass is 10.0. The molecule has 2 amide bonds. The Morgan fingerprint density at radius 3 is 2.56 bits per heavy atom. The average molecular weight is 250 g/mol. The van der Waals surface area contributed by atoms with Crippen LogP contribution in [0.5, 0.6) is 0 Å². The number of nitrogens with one attached hydrogen (secondary N) is 1. The van der Waals surface area contributed by atoms with Crippen LogP contribution >= 0.6 is 12.4 Å². The zero-order valence-corrected chi connectivity index (χ0v) is 10.5. The van der Waals surface area contributed by atoms with Crippen molar-refractivity contribution in [3.8, 4) is 0 Å². The third kappa shape index (κ3) is 3.35. The molecule has 1 rings (SSSR count). The van der Waals surface area contributed by atoms with Gasteiger partial charge in [0.05, 0.1) is 6.04 Å². The summed E-state index contributed by atoms with van der Waals surface area (Å²) in [6.07, 6.45) is 2.67. The lowest BCUT2D eigenvalue weighted by molar-refractivity contribution is -0.142. The van der Waals surface area contributed by atoms with E-state index >= 15 is 0 Å². The molecular formula is C10H20ClN3O2. The molecule has 94 valence electrons. The fraction of sp³-hybridized carbons (Fsp3) is 0.800. The minimum Gasteiger partial charge on any atom is -0.357 e. The van der Waals surface area contributed by atoms with Gasteiger partial charge in [0.25, 0.3) is 0 Å². The van der Waals surface area contributed by atoms with Crippen molar-refractivity contribution in [1.82, 2.24) is 10.2 Å². The highest BCUT2D eigenvalue weighted by atomic mass is 35.5. The highest BCUT2D eigenvalue weighted by molar-refractivity contribution is 5.89. The van der Waals surface area contributed by atoms with Crippen molar-refractivity contribution < 1.29 is 9.59 Å². The Bertz CT molecular complexity index is 258. The lowest BCUT2D eigenvalue weighted by Crippen LogP contribution is -2.55. The summed E-state index contributed by atoms with van der Waals surface area (Å²) in [6.45, 7) is 2.29. The quantitative estimate of drug-likeness (QED) is 0.717. The van der Waals surface area contributed by atoms with E-state index in [1.54, 1.807) is 18.9 Å². The smallest absolute Gasteiger partial charge is 0.242 e. The van der Waals surface area contributed by atoms with Crippen molar-refractivity contribution in [2.75, 3.05) is 13.6 Å². The zero-order valence-electron chi connectivity index (χ0n) is 9.73. The predicted molar refractivity (Wildman–Crippen MR) is 64.3 cm³/mol. The molecule has 2 atom stereocenters. The Morgan fingerprint density at radius 1 is 1.44 bits per heavy atom. The van der Waals surface area contributed by atoms with Crippen LogP contribution in [0.15, 0.2) is 0 Å². The summed E-state index contributed by atoms with van der Waals surface area (Å²) in [5, 5.41) is 2.58. The average Bonchev–Trinajstić information content (AvgIpc) is 2.27. The number of hydrogen-bond acceptors (Lipinski definition) is 3. The largest absolute Gasteiger partial charge is 0.357 e. The van der Waals surface area contributed by atoms with Crippen molar-refractivity contribution in [2.45, 2.75) is 38.3 Å². The van der Waals surface area contributed by atoms with Gasteiger partial charge in [-0.2, -0.15) is 0 Å². The van der Waals surface area contributed by atoms with Crippen LogP contribution in [0.2, 0.25) is 0 Å². The number of carbonyl (C=O) groups excluding carboxylic acids is 2. The molecule has 1 fully saturated rings. The van der Waals surface area contributed by atoms with Crippen molar-refractivity contribution >= 4 is 24.2 Å². The molecule has 1 saturated heterocycles. The fourth-order valence-electron chi connectivity index (χ4n) is 1.90. The van der Waals surface area contributed by atoms with E-state index in [0.29, 0.717) is 6.54 Å². The predicted octanol–water partition coefficient (Wildman–Crippen LogP) is -0.118. The van der Waals surface area contributed by atoms with Crippen LogP contribution in [0.25, 0.3) is 0 Å². The van der Waals surface area contributed by atoms with Gasteiger partial charge in [0.1, 0.15) is 6.04 Å². The van der Waals surface area contributed by atoms with E-state index in [2.05, 4.69) is 5.32 Å². The maximum atomic E-state index is 11.7. The maximum Gasteiger partial charge on any atom is 0.242 e. The van der Waals surface area contributed by atoms with Gasteiger partial charge < -0.3 is 16.0 Å². The second-order valence-electron chi connectivity index (χ2n) is 3.95. The third-order valence-electron chi connectivity index (χ3n) is 2.72. The van der Waals surface area contributed by atoms with Gasteiger partial charge in [-0.1, -0.05) is 0 Å². The molecule has 6 heteroatoms. The van der Waals surface area contributed by atoms with Crippen molar-refractivity contribution in [2.24, 2.45) is 5.73 Å². The maximum absolute atomic E-state index is 11.7. The molecular weight excluding hydrogens is 230 g/mol. The summed E-state index contributed by atoms with van der Waals surface area (Å²) in [6, 6.07) is -0.863. The summed E-state index contributed by atoms with van der Waals surface area (Å²) in [5.74, 6) is -0.230. The number of amides is 2. The Kier molecular flexibility index (Phi) is 6.36. The molecule has 1 aliphatic rings. The number of likely N-dealkylation sites (N-methyl/N-ethyl adjacent to an activating group) is 1. The Labute approximate surface area is 102 Å². The number of rotatable bonds is 2. The summed E-state index contributed by atoms with van der Waals surface area (Å²) >= 11 is 0. The van der Waals surface area contributed by atoms with Gasteiger partial charge in [-0.05, 0) is 26.2 Å². The minimum atomic E-state index is -0.532. The van der Waals surface area contributed by atoms with E-state index in [1.165, 1.54) is 0 Å². The molecule has 0 aromatic heterocycles. The van der Waals surface area contributed by atoms with E-state index in [0.717, 1.165) is 19.3 Å². The molecule has 0 aromatic rings. The van der Waals surface area contributed by atoms with Crippen LogP contribution in [0.3, 0.4) is 0 Å². The van der Waals surface area contributed by atoms with Crippen LogP contribution < -0.4 is 11.1 Å². The van der Waals surface area contributed by atoms with Crippen LogP contribution in [-0.2, 0) is 9.59 Å². The SMILES string of the molecule is CNC(=O)C1CCCCN1C(=O)[C@@H](C)N.Cl. The third-order valence-corrected chi connectivity index (χ3v) is 2.72. The normalized spacial score (nSPS) is 21.9. The molecule has 0 aromatic carbocycles. The first kappa shape index (κ1) is 15.2. The van der Waals surface area contributed by atoms with Crippen molar-refractivity contribution in [1.29, 1.82) is 0 Å². The van der Waals surface area contributed by atoms with Crippen molar-refractivity contribution in [3.63, 3.8) is 0 Å². The summed E-state index contributed by atoms with van der Waals surface area (Å²) in [7, 11) is 1.59. The molecule has 0 radical (unpaired) electrons. The monoisotopic (exact) mass is 249 g/mol. The van der Waals surface area contributed by atoms with Gasteiger partial charge in [0.15, 0.2) is 0 Å². The molecule has 0 aliphatic carbocycles. The van der Waals surface area contributed by atoms with Gasteiger partial charge in [-0.25, -0.2) is 0 Å². The van der Waals surface area contributed by atoms with Gasteiger partial charge in [-0.15, -0.1) is 12.4 Å². The van der Waals surface area contributed by atoms with Gasteiger partial charge in [-0.3, -0.25) is 9.59 Å². The Hall–Kier alpha value is -0.810. The molecule has 1 aliphatic heterocycles. The van der Waals surface area contributed by atoms with E-state index in [1.807, 2.05) is 0 Å². The van der Waals surface area contributed by atoms with E-state index in [4.69, 9.17) is 5.73 Å². The Balaban J connectivity index is 0.00000225. The fourth-order valence-corrected chi connectivity index (χ4v) is 1.90. The molecule has 5 nitrogen and oxygen atoms in total. The Morgan fingerprint density at radius 2 is 2.06 bits per heavy atom. The van der Waals surface area contributed by atoms with Crippen molar-refractivity contribution in [3.05, 3.63) is 0 Å². The lowest BCUT2D eigenvalue weighted by Gasteiger charge is -2.35. The summed E-state index contributed by atoms with van der Waals surface area (Å²) < 4.78 is 0. The molecule has 0 saturated carbocycles. The topological polar surface area (TPSA) is 75.4 Å². The van der Waals surface area contributed by atoms with Gasteiger partial charge in [0, 0.05) is 13.6 Å². The molecule has 16 heavy (non-hydrogen) atoms. The highest BCUT2D eigenvalue weighted by Gasteiger charge is 2.32. The van der Waals surface area contributed by atoms with Gasteiger partial charge in [0.2, 0.25) is 11.8 Å². The number of carbonyl (C=O) groups is 2. The van der Waals surface area contributed by atoms with E-state index in [-0.39, 0.29) is 30.3 Å². The highest BCUT2D eigenvalue weighted by Crippen LogP contribution is 2.17.